The van der Waals surface area contributed by atoms with E-state index in [4.69, 9.17) is 4.52 Å². The second-order valence-corrected chi connectivity index (χ2v) is 6.94. The zero-order valence-electron chi connectivity index (χ0n) is 15.1. The smallest absolute Gasteiger partial charge is 0.227 e. The third kappa shape index (κ3) is 3.63. The van der Waals surface area contributed by atoms with Crippen LogP contribution in [0, 0.1) is 12.7 Å². The van der Waals surface area contributed by atoms with Gasteiger partial charge in [-0.1, -0.05) is 17.3 Å². The average molecular weight is 368 g/mol. The Balaban J connectivity index is 1.60. The van der Waals surface area contributed by atoms with E-state index in [0.717, 1.165) is 36.2 Å². The first-order chi connectivity index (χ1) is 13.1. The van der Waals surface area contributed by atoms with Crippen molar-refractivity contribution in [3.63, 3.8) is 0 Å². The van der Waals surface area contributed by atoms with Crippen molar-refractivity contribution in [1.82, 2.24) is 20.3 Å². The lowest BCUT2D eigenvalue weighted by Crippen LogP contribution is -2.39. The van der Waals surface area contributed by atoms with Crippen LogP contribution in [0.4, 0.5) is 4.39 Å². The van der Waals surface area contributed by atoms with Crippen molar-refractivity contribution in [3.05, 3.63) is 59.3 Å². The average Bonchev–Trinajstić information content (AvgIpc) is 3.30. The number of amides is 1. The molecule has 4 rings (SSSR count). The van der Waals surface area contributed by atoms with Gasteiger partial charge in [-0.25, -0.2) is 4.39 Å². The largest absolute Gasteiger partial charge is 0.356 e. The normalized spacial score (nSPS) is 17.3. The van der Waals surface area contributed by atoms with E-state index in [1.807, 2.05) is 17.9 Å². The maximum absolute atomic E-state index is 13.4. The summed E-state index contributed by atoms with van der Waals surface area (Å²) in [7, 11) is 0. The SMILES string of the molecule is Cc1cc(-c2cn[nH]c2[C@H]2CCCCN2C(=O)Cc2cccc(F)c2)on1. The molecule has 1 fully saturated rings. The molecule has 3 heterocycles. The molecule has 1 aromatic carbocycles. The quantitative estimate of drug-likeness (QED) is 0.760. The van der Waals surface area contributed by atoms with Crippen LogP contribution < -0.4 is 0 Å². The fraction of sp³-hybridized carbons (Fsp3) is 0.350. The van der Waals surface area contributed by atoms with Gasteiger partial charge in [-0.15, -0.1) is 0 Å². The Kier molecular flexibility index (Phi) is 4.75. The predicted octanol–water partition coefficient (Wildman–Crippen LogP) is 3.81. The summed E-state index contributed by atoms with van der Waals surface area (Å²) in [5.74, 6) is 0.297. The van der Waals surface area contributed by atoms with E-state index >= 15 is 0 Å². The highest BCUT2D eigenvalue weighted by atomic mass is 19.1. The van der Waals surface area contributed by atoms with Gasteiger partial charge in [0.05, 0.1) is 35.6 Å². The van der Waals surface area contributed by atoms with Gasteiger partial charge in [0.25, 0.3) is 0 Å². The molecule has 0 spiro atoms. The minimum atomic E-state index is -0.327. The number of nitrogens with zero attached hydrogens (tertiary/aromatic N) is 3. The number of halogens is 1. The molecule has 1 aliphatic heterocycles. The molecule has 1 amide bonds. The van der Waals surface area contributed by atoms with Crippen LogP contribution in [-0.4, -0.2) is 32.7 Å². The van der Waals surface area contributed by atoms with Gasteiger partial charge in [0, 0.05) is 12.6 Å². The number of hydrogen-bond acceptors (Lipinski definition) is 4. The number of hydrogen-bond donors (Lipinski definition) is 1. The Morgan fingerprint density at radius 1 is 1.37 bits per heavy atom. The topological polar surface area (TPSA) is 75.0 Å². The molecule has 0 unspecified atom stereocenters. The fourth-order valence-electron chi connectivity index (χ4n) is 3.69. The van der Waals surface area contributed by atoms with Crippen molar-refractivity contribution in [1.29, 1.82) is 0 Å². The van der Waals surface area contributed by atoms with E-state index in [-0.39, 0.29) is 24.2 Å². The molecule has 6 nitrogen and oxygen atoms in total. The van der Waals surface area contributed by atoms with Crippen molar-refractivity contribution < 1.29 is 13.7 Å². The first kappa shape index (κ1) is 17.5. The number of carbonyl (C=O) groups excluding carboxylic acids is 1. The number of piperidine rings is 1. The number of aryl methyl sites for hydroxylation is 1. The van der Waals surface area contributed by atoms with Crippen LogP contribution >= 0.6 is 0 Å². The summed E-state index contributed by atoms with van der Waals surface area (Å²) in [5, 5.41) is 11.2. The minimum absolute atomic E-state index is 0.0143. The van der Waals surface area contributed by atoms with Crippen LogP contribution in [-0.2, 0) is 11.2 Å². The van der Waals surface area contributed by atoms with E-state index in [1.54, 1.807) is 18.3 Å². The monoisotopic (exact) mass is 368 g/mol. The summed E-state index contributed by atoms with van der Waals surface area (Å²) >= 11 is 0. The van der Waals surface area contributed by atoms with Crippen molar-refractivity contribution >= 4 is 5.91 Å². The number of benzene rings is 1. The molecule has 3 aromatic rings. The number of carbonyl (C=O) groups is 1. The van der Waals surface area contributed by atoms with E-state index in [9.17, 15) is 9.18 Å². The van der Waals surface area contributed by atoms with Gasteiger partial charge in [0.2, 0.25) is 5.91 Å². The summed E-state index contributed by atoms with van der Waals surface area (Å²) in [6.07, 6.45) is 4.72. The van der Waals surface area contributed by atoms with Gasteiger partial charge in [-0.05, 0) is 43.9 Å². The zero-order chi connectivity index (χ0) is 18.8. The lowest BCUT2D eigenvalue weighted by Gasteiger charge is -2.35. The molecular weight excluding hydrogens is 347 g/mol. The maximum Gasteiger partial charge on any atom is 0.227 e. The second kappa shape index (κ2) is 7.34. The first-order valence-corrected chi connectivity index (χ1v) is 9.12. The number of nitrogens with one attached hydrogen (secondary N) is 1. The summed E-state index contributed by atoms with van der Waals surface area (Å²) < 4.78 is 18.8. The molecule has 1 N–H and O–H groups in total. The lowest BCUT2D eigenvalue weighted by molar-refractivity contribution is -0.134. The van der Waals surface area contributed by atoms with Crippen LogP contribution in [0.2, 0.25) is 0 Å². The van der Waals surface area contributed by atoms with Gasteiger partial charge >= 0.3 is 0 Å². The molecular formula is C20H21FN4O2. The number of aromatic nitrogens is 3. The molecule has 2 aromatic heterocycles. The Labute approximate surface area is 156 Å². The molecule has 1 saturated heterocycles. The third-order valence-electron chi connectivity index (χ3n) is 4.96. The van der Waals surface area contributed by atoms with Gasteiger partial charge < -0.3 is 9.42 Å². The Bertz CT molecular complexity index is 949. The molecule has 1 aliphatic rings. The molecule has 7 heteroatoms. The van der Waals surface area contributed by atoms with Crippen LogP contribution in [0.1, 0.15) is 42.3 Å². The van der Waals surface area contributed by atoms with Gasteiger partial charge in [0.15, 0.2) is 5.76 Å². The number of aromatic amines is 1. The first-order valence-electron chi connectivity index (χ1n) is 9.12. The van der Waals surface area contributed by atoms with E-state index < -0.39 is 0 Å². The fourth-order valence-corrected chi connectivity index (χ4v) is 3.69. The summed E-state index contributed by atoms with van der Waals surface area (Å²) in [6.45, 7) is 2.54. The number of rotatable bonds is 4. The second-order valence-electron chi connectivity index (χ2n) is 6.94. The van der Waals surface area contributed by atoms with E-state index in [1.165, 1.54) is 12.1 Å². The highest BCUT2D eigenvalue weighted by molar-refractivity contribution is 5.79. The Morgan fingerprint density at radius 2 is 2.26 bits per heavy atom. The molecule has 1 atom stereocenters. The highest BCUT2D eigenvalue weighted by Gasteiger charge is 2.31. The molecule has 140 valence electrons. The molecule has 0 aliphatic carbocycles. The standard InChI is InChI=1S/C20H21FN4O2/c1-13-9-18(27-24-13)16-12-22-23-20(16)17-7-2-3-8-25(17)19(26)11-14-5-4-6-15(21)10-14/h4-6,9-10,12,17H,2-3,7-8,11H2,1H3,(H,22,23)/t17-/m1/s1. The van der Waals surface area contributed by atoms with Crippen molar-refractivity contribution in [2.75, 3.05) is 6.54 Å². The van der Waals surface area contributed by atoms with Crippen molar-refractivity contribution in [2.24, 2.45) is 0 Å². The Morgan fingerprint density at radius 3 is 3.04 bits per heavy atom. The molecule has 0 radical (unpaired) electrons. The highest BCUT2D eigenvalue weighted by Crippen LogP contribution is 2.36. The van der Waals surface area contributed by atoms with Crippen LogP contribution in [0.3, 0.4) is 0 Å². The minimum Gasteiger partial charge on any atom is -0.356 e. The molecule has 27 heavy (non-hydrogen) atoms. The van der Waals surface area contributed by atoms with E-state index in [2.05, 4.69) is 15.4 Å². The lowest BCUT2D eigenvalue weighted by atomic mass is 9.95. The summed E-state index contributed by atoms with van der Waals surface area (Å²) in [6, 6.07) is 7.95. The maximum atomic E-state index is 13.4. The number of likely N-dealkylation sites (tertiary alicyclic amines) is 1. The summed E-state index contributed by atoms with van der Waals surface area (Å²) in [4.78, 5) is 14.8. The Hall–Kier alpha value is -2.96. The van der Waals surface area contributed by atoms with Crippen LogP contribution in [0.5, 0.6) is 0 Å². The zero-order valence-corrected chi connectivity index (χ0v) is 15.1. The van der Waals surface area contributed by atoms with Gasteiger partial charge in [-0.2, -0.15) is 5.10 Å². The van der Waals surface area contributed by atoms with Crippen molar-refractivity contribution in [2.45, 2.75) is 38.6 Å². The van der Waals surface area contributed by atoms with Crippen LogP contribution in [0.25, 0.3) is 11.3 Å². The number of H-pyrrole nitrogens is 1. The van der Waals surface area contributed by atoms with Gasteiger partial charge in [0.1, 0.15) is 5.82 Å². The molecule has 0 bridgehead atoms. The van der Waals surface area contributed by atoms with Gasteiger partial charge in [-0.3, -0.25) is 9.89 Å². The third-order valence-corrected chi connectivity index (χ3v) is 4.96. The predicted molar refractivity (Wildman–Crippen MR) is 97.2 cm³/mol. The molecule has 0 saturated carbocycles. The van der Waals surface area contributed by atoms with Crippen LogP contribution in [0.15, 0.2) is 41.1 Å². The van der Waals surface area contributed by atoms with Crippen molar-refractivity contribution in [3.8, 4) is 11.3 Å². The van der Waals surface area contributed by atoms with E-state index in [0.29, 0.717) is 17.9 Å². The summed E-state index contributed by atoms with van der Waals surface area (Å²) in [5.41, 5.74) is 3.16.